The number of carbonyl (C=O) groups excluding carboxylic acids is 2. The highest BCUT2D eigenvalue weighted by Gasteiger charge is 2.17. The van der Waals surface area contributed by atoms with Gasteiger partial charge in [-0.1, -0.05) is 33.6 Å². The van der Waals surface area contributed by atoms with Crippen LogP contribution >= 0.6 is 0 Å². The fourth-order valence-corrected chi connectivity index (χ4v) is 2.38. The van der Waals surface area contributed by atoms with Gasteiger partial charge in [-0.05, 0) is 31.4 Å². The van der Waals surface area contributed by atoms with Crippen LogP contribution in [-0.2, 0) is 0 Å². The van der Waals surface area contributed by atoms with Gasteiger partial charge >= 0.3 is 0 Å². The number of rotatable bonds is 10. The number of nitrogens with one attached hydrogen (secondary N) is 1. The second-order valence-corrected chi connectivity index (χ2v) is 5.68. The number of amides is 2. The van der Waals surface area contributed by atoms with E-state index in [1.807, 2.05) is 13.8 Å². The molecular weight excluding hydrogens is 290 g/mol. The molecule has 0 saturated carbocycles. The SMILES string of the molecule is CCCCCNC(=O)c1ccnc(C(=O)N(CCC)CCC)c1. The van der Waals surface area contributed by atoms with Crippen LogP contribution in [0.25, 0.3) is 0 Å². The normalized spacial score (nSPS) is 10.4. The highest BCUT2D eigenvalue weighted by atomic mass is 16.2. The van der Waals surface area contributed by atoms with Crippen molar-refractivity contribution in [2.75, 3.05) is 19.6 Å². The summed E-state index contributed by atoms with van der Waals surface area (Å²) >= 11 is 0. The van der Waals surface area contributed by atoms with Crippen LogP contribution in [0.5, 0.6) is 0 Å². The van der Waals surface area contributed by atoms with Crippen molar-refractivity contribution in [2.45, 2.75) is 52.9 Å². The first-order valence-corrected chi connectivity index (χ1v) is 8.67. The number of aromatic nitrogens is 1. The van der Waals surface area contributed by atoms with Crippen molar-refractivity contribution in [3.8, 4) is 0 Å². The van der Waals surface area contributed by atoms with Crippen LogP contribution in [-0.4, -0.2) is 41.3 Å². The summed E-state index contributed by atoms with van der Waals surface area (Å²) in [5.41, 5.74) is 0.834. The zero-order valence-electron chi connectivity index (χ0n) is 14.6. The van der Waals surface area contributed by atoms with E-state index >= 15 is 0 Å². The smallest absolute Gasteiger partial charge is 0.272 e. The van der Waals surface area contributed by atoms with Crippen LogP contribution in [0.4, 0.5) is 0 Å². The van der Waals surface area contributed by atoms with E-state index in [2.05, 4.69) is 17.2 Å². The number of hydrogen-bond donors (Lipinski definition) is 1. The zero-order valence-corrected chi connectivity index (χ0v) is 14.6. The van der Waals surface area contributed by atoms with Gasteiger partial charge in [-0.15, -0.1) is 0 Å². The summed E-state index contributed by atoms with van der Waals surface area (Å²) in [4.78, 5) is 30.6. The third-order valence-corrected chi connectivity index (χ3v) is 3.58. The van der Waals surface area contributed by atoms with Crippen LogP contribution in [0.3, 0.4) is 0 Å². The molecule has 1 aromatic heterocycles. The molecule has 0 aromatic carbocycles. The maximum Gasteiger partial charge on any atom is 0.272 e. The number of pyridine rings is 1. The topological polar surface area (TPSA) is 62.3 Å². The Labute approximate surface area is 139 Å². The molecule has 0 atom stereocenters. The largest absolute Gasteiger partial charge is 0.352 e. The van der Waals surface area contributed by atoms with E-state index in [1.54, 1.807) is 17.0 Å². The van der Waals surface area contributed by atoms with E-state index in [0.717, 1.165) is 32.1 Å². The molecule has 0 bridgehead atoms. The highest BCUT2D eigenvalue weighted by Crippen LogP contribution is 2.07. The van der Waals surface area contributed by atoms with Gasteiger partial charge in [0.1, 0.15) is 5.69 Å². The van der Waals surface area contributed by atoms with Crippen LogP contribution in [0.1, 0.15) is 73.7 Å². The molecule has 1 heterocycles. The fourth-order valence-electron chi connectivity index (χ4n) is 2.38. The van der Waals surface area contributed by atoms with Gasteiger partial charge in [0, 0.05) is 31.4 Å². The van der Waals surface area contributed by atoms with Gasteiger partial charge in [0.2, 0.25) is 0 Å². The van der Waals surface area contributed by atoms with E-state index < -0.39 is 0 Å². The molecule has 1 N–H and O–H groups in total. The lowest BCUT2D eigenvalue weighted by Crippen LogP contribution is -2.33. The summed E-state index contributed by atoms with van der Waals surface area (Å²) in [5, 5.41) is 2.89. The quantitative estimate of drug-likeness (QED) is 0.673. The highest BCUT2D eigenvalue weighted by molar-refractivity contribution is 5.98. The lowest BCUT2D eigenvalue weighted by Gasteiger charge is -2.21. The van der Waals surface area contributed by atoms with E-state index in [4.69, 9.17) is 0 Å². The molecule has 0 radical (unpaired) electrons. The Morgan fingerprint density at radius 1 is 1.09 bits per heavy atom. The van der Waals surface area contributed by atoms with Crippen molar-refractivity contribution in [3.63, 3.8) is 0 Å². The Morgan fingerprint density at radius 3 is 2.39 bits per heavy atom. The Morgan fingerprint density at radius 2 is 1.78 bits per heavy atom. The molecule has 1 aromatic rings. The minimum Gasteiger partial charge on any atom is -0.352 e. The third-order valence-electron chi connectivity index (χ3n) is 3.58. The van der Waals surface area contributed by atoms with Crippen molar-refractivity contribution in [3.05, 3.63) is 29.6 Å². The standard InChI is InChI=1S/C18H29N3O2/c1-4-7-8-10-20-17(22)15-9-11-19-16(14-15)18(23)21(12-5-2)13-6-3/h9,11,14H,4-8,10,12-13H2,1-3H3,(H,20,22). The second-order valence-electron chi connectivity index (χ2n) is 5.68. The first kappa shape index (κ1) is 19.1. The summed E-state index contributed by atoms with van der Waals surface area (Å²) in [6, 6.07) is 3.24. The maximum absolute atomic E-state index is 12.5. The summed E-state index contributed by atoms with van der Waals surface area (Å²) in [7, 11) is 0. The Bertz CT molecular complexity index is 497. The predicted molar refractivity (Wildman–Crippen MR) is 92.6 cm³/mol. The lowest BCUT2D eigenvalue weighted by molar-refractivity contribution is 0.0749. The van der Waals surface area contributed by atoms with Crippen molar-refractivity contribution in [1.29, 1.82) is 0 Å². The zero-order chi connectivity index (χ0) is 17.1. The van der Waals surface area contributed by atoms with Gasteiger partial charge in [-0.3, -0.25) is 14.6 Å². The Balaban J connectivity index is 2.74. The van der Waals surface area contributed by atoms with Gasteiger partial charge in [-0.25, -0.2) is 0 Å². The summed E-state index contributed by atoms with van der Waals surface area (Å²) in [5.74, 6) is -0.246. The second kappa shape index (κ2) is 10.8. The molecule has 0 spiro atoms. The molecule has 2 amide bonds. The Kier molecular flexibility index (Phi) is 8.95. The molecule has 0 saturated heterocycles. The molecule has 128 valence electrons. The summed E-state index contributed by atoms with van der Waals surface area (Å²) in [6.45, 7) is 8.30. The molecule has 23 heavy (non-hydrogen) atoms. The molecule has 0 unspecified atom stereocenters. The number of hydrogen-bond acceptors (Lipinski definition) is 3. The van der Waals surface area contributed by atoms with Gasteiger partial charge < -0.3 is 10.2 Å². The molecule has 0 aliphatic rings. The lowest BCUT2D eigenvalue weighted by atomic mass is 10.2. The van der Waals surface area contributed by atoms with E-state index in [1.165, 1.54) is 6.20 Å². The molecule has 0 aliphatic carbocycles. The molecule has 1 rings (SSSR count). The van der Waals surface area contributed by atoms with Crippen molar-refractivity contribution >= 4 is 11.8 Å². The number of nitrogens with zero attached hydrogens (tertiary/aromatic N) is 2. The molecule has 0 aliphatic heterocycles. The van der Waals surface area contributed by atoms with Crippen molar-refractivity contribution in [1.82, 2.24) is 15.2 Å². The molecule has 5 nitrogen and oxygen atoms in total. The first-order chi connectivity index (χ1) is 11.1. The molecule has 5 heteroatoms. The van der Waals surface area contributed by atoms with E-state index in [0.29, 0.717) is 30.9 Å². The van der Waals surface area contributed by atoms with Crippen LogP contribution in [0.15, 0.2) is 18.3 Å². The van der Waals surface area contributed by atoms with Crippen molar-refractivity contribution < 1.29 is 9.59 Å². The van der Waals surface area contributed by atoms with Gasteiger partial charge in [0.15, 0.2) is 0 Å². The van der Waals surface area contributed by atoms with Crippen molar-refractivity contribution in [2.24, 2.45) is 0 Å². The summed E-state index contributed by atoms with van der Waals surface area (Å²) < 4.78 is 0. The third kappa shape index (κ3) is 6.38. The molecule has 0 fully saturated rings. The monoisotopic (exact) mass is 319 g/mol. The van der Waals surface area contributed by atoms with Gasteiger partial charge in [0.05, 0.1) is 0 Å². The minimum atomic E-state index is -0.143. The van der Waals surface area contributed by atoms with E-state index in [9.17, 15) is 9.59 Å². The maximum atomic E-state index is 12.5. The van der Waals surface area contributed by atoms with Gasteiger partial charge in [-0.2, -0.15) is 0 Å². The molecular formula is C18H29N3O2. The average Bonchev–Trinajstić information content (AvgIpc) is 2.58. The first-order valence-electron chi connectivity index (χ1n) is 8.67. The fraction of sp³-hybridized carbons (Fsp3) is 0.611. The summed E-state index contributed by atoms with van der Waals surface area (Å²) in [6.07, 6.45) is 6.54. The van der Waals surface area contributed by atoms with Gasteiger partial charge in [0.25, 0.3) is 11.8 Å². The van der Waals surface area contributed by atoms with E-state index in [-0.39, 0.29) is 11.8 Å². The average molecular weight is 319 g/mol. The number of carbonyl (C=O) groups is 2. The van der Waals surface area contributed by atoms with Crippen LogP contribution in [0.2, 0.25) is 0 Å². The van der Waals surface area contributed by atoms with Crippen LogP contribution < -0.4 is 5.32 Å². The van der Waals surface area contributed by atoms with Crippen LogP contribution in [0, 0.1) is 0 Å². The Hall–Kier alpha value is -1.91. The number of unbranched alkanes of at least 4 members (excludes halogenated alkanes) is 2. The minimum absolute atomic E-state index is 0.102. The predicted octanol–water partition coefficient (Wildman–Crippen LogP) is 3.26.